The average molecular weight is 364 g/mol. The first kappa shape index (κ1) is 17.7. The van der Waals surface area contributed by atoms with Crippen molar-refractivity contribution in [2.75, 3.05) is 0 Å². The molecule has 0 radical (unpaired) electrons. The summed E-state index contributed by atoms with van der Waals surface area (Å²) in [6.45, 7) is 0.337. The third-order valence-electron chi connectivity index (χ3n) is 3.76. The van der Waals surface area contributed by atoms with E-state index in [1.165, 1.54) is 16.4 Å². The number of nitriles is 1. The lowest BCUT2D eigenvalue weighted by atomic mass is 10.2. The van der Waals surface area contributed by atoms with Gasteiger partial charge in [-0.3, -0.25) is 9.97 Å². The van der Waals surface area contributed by atoms with E-state index in [9.17, 15) is 8.42 Å². The van der Waals surface area contributed by atoms with Gasteiger partial charge in [0.1, 0.15) is 0 Å². The Morgan fingerprint density at radius 3 is 2.04 bits per heavy atom. The van der Waals surface area contributed by atoms with Crippen molar-refractivity contribution < 1.29 is 8.42 Å². The minimum absolute atomic E-state index is 0.0873. The predicted molar refractivity (Wildman–Crippen MR) is 96.1 cm³/mol. The first-order chi connectivity index (χ1) is 12.6. The zero-order valence-corrected chi connectivity index (χ0v) is 14.7. The third kappa shape index (κ3) is 4.11. The van der Waals surface area contributed by atoms with E-state index in [2.05, 4.69) is 9.97 Å². The highest BCUT2D eigenvalue weighted by Gasteiger charge is 2.25. The lowest BCUT2D eigenvalue weighted by Crippen LogP contribution is -2.30. The second kappa shape index (κ2) is 7.87. The van der Waals surface area contributed by atoms with Crippen LogP contribution in [0.5, 0.6) is 0 Å². The van der Waals surface area contributed by atoms with Gasteiger partial charge in [0.05, 0.1) is 16.5 Å². The van der Waals surface area contributed by atoms with Gasteiger partial charge in [-0.2, -0.15) is 9.57 Å². The maximum absolute atomic E-state index is 13.2. The molecule has 0 fully saturated rings. The number of hydrogen-bond acceptors (Lipinski definition) is 5. The largest absolute Gasteiger partial charge is 0.264 e. The van der Waals surface area contributed by atoms with Crippen LogP contribution in [0.2, 0.25) is 0 Å². The zero-order chi connectivity index (χ0) is 18.4. The lowest BCUT2D eigenvalue weighted by Gasteiger charge is -2.22. The molecule has 0 bridgehead atoms. The summed E-state index contributed by atoms with van der Waals surface area (Å²) in [6, 6.07) is 15.2. The molecule has 1 aromatic carbocycles. The number of benzene rings is 1. The summed E-state index contributed by atoms with van der Waals surface area (Å²) in [7, 11) is -3.80. The summed E-state index contributed by atoms with van der Waals surface area (Å²) >= 11 is 0. The summed E-state index contributed by atoms with van der Waals surface area (Å²) in [6.07, 6.45) is 6.55. The number of hydrogen-bond donors (Lipinski definition) is 0. The molecular weight excluding hydrogens is 348 g/mol. The Morgan fingerprint density at radius 1 is 0.923 bits per heavy atom. The van der Waals surface area contributed by atoms with E-state index in [-0.39, 0.29) is 18.0 Å². The lowest BCUT2D eigenvalue weighted by molar-refractivity contribution is 0.400. The Bertz CT molecular complexity index is 975. The molecule has 0 unspecified atom stereocenters. The maximum Gasteiger partial charge on any atom is 0.243 e. The van der Waals surface area contributed by atoms with Crippen LogP contribution in [0.1, 0.15) is 16.7 Å². The number of aromatic nitrogens is 2. The number of rotatable bonds is 6. The molecule has 0 aliphatic carbocycles. The normalized spacial score (nSPS) is 11.2. The molecule has 0 amide bonds. The molecule has 3 rings (SSSR count). The van der Waals surface area contributed by atoms with Gasteiger partial charge in [0, 0.05) is 37.9 Å². The van der Waals surface area contributed by atoms with E-state index in [1.807, 2.05) is 18.2 Å². The molecule has 26 heavy (non-hydrogen) atoms. The van der Waals surface area contributed by atoms with Crippen LogP contribution < -0.4 is 0 Å². The molecule has 0 spiro atoms. The molecule has 0 saturated carbocycles. The molecule has 3 aromatic rings. The van der Waals surface area contributed by atoms with Crippen molar-refractivity contribution in [3.63, 3.8) is 0 Å². The second-order valence-electron chi connectivity index (χ2n) is 5.64. The van der Waals surface area contributed by atoms with Crippen LogP contribution in [0.4, 0.5) is 0 Å². The first-order valence-electron chi connectivity index (χ1n) is 7.88. The standard InChI is InChI=1S/C19H16N4O2S/c20-11-16-4-1-7-19(10-16)26(24,25)23(14-17-5-2-8-21-12-17)15-18-6-3-9-22-13-18/h1-10,12-13H,14-15H2. The van der Waals surface area contributed by atoms with Gasteiger partial charge in [0.25, 0.3) is 0 Å². The Hall–Kier alpha value is -3.08. The SMILES string of the molecule is N#Cc1cccc(S(=O)(=O)N(Cc2cccnc2)Cc2cccnc2)c1. The fourth-order valence-corrected chi connectivity index (χ4v) is 3.95. The van der Waals surface area contributed by atoms with E-state index >= 15 is 0 Å². The summed E-state index contributed by atoms with van der Waals surface area (Å²) in [5.41, 5.74) is 1.85. The molecule has 130 valence electrons. The number of nitrogens with zero attached hydrogens (tertiary/aromatic N) is 4. The van der Waals surface area contributed by atoms with E-state index in [0.717, 1.165) is 11.1 Å². The monoisotopic (exact) mass is 364 g/mol. The van der Waals surface area contributed by atoms with Gasteiger partial charge in [-0.15, -0.1) is 0 Å². The summed E-state index contributed by atoms with van der Waals surface area (Å²) < 4.78 is 27.7. The van der Waals surface area contributed by atoms with Gasteiger partial charge >= 0.3 is 0 Å². The van der Waals surface area contributed by atoms with Crippen LogP contribution in [0.3, 0.4) is 0 Å². The summed E-state index contributed by atoms with van der Waals surface area (Å²) in [5.74, 6) is 0. The molecule has 0 atom stereocenters. The van der Waals surface area contributed by atoms with Crippen LogP contribution in [-0.4, -0.2) is 22.7 Å². The molecule has 6 nitrogen and oxygen atoms in total. The predicted octanol–water partition coefficient (Wildman–Crippen LogP) is 2.74. The van der Waals surface area contributed by atoms with Crippen molar-refractivity contribution in [2.24, 2.45) is 0 Å². The topological polar surface area (TPSA) is 87.0 Å². The molecule has 0 aliphatic rings. The maximum atomic E-state index is 13.2. The van der Waals surface area contributed by atoms with Crippen molar-refractivity contribution in [2.45, 2.75) is 18.0 Å². The van der Waals surface area contributed by atoms with Crippen LogP contribution in [-0.2, 0) is 23.1 Å². The highest BCUT2D eigenvalue weighted by molar-refractivity contribution is 7.89. The third-order valence-corrected chi connectivity index (χ3v) is 5.55. The molecule has 0 aliphatic heterocycles. The number of pyridine rings is 2. The minimum Gasteiger partial charge on any atom is -0.264 e. The van der Waals surface area contributed by atoms with Crippen LogP contribution in [0, 0.1) is 11.3 Å². The second-order valence-corrected chi connectivity index (χ2v) is 7.57. The Kier molecular flexibility index (Phi) is 5.37. The highest BCUT2D eigenvalue weighted by Crippen LogP contribution is 2.21. The van der Waals surface area contributed by atoms with Crippen LogP contribution >= 0.6 is 0 Å². The fourth-order valence-electron chi connectivity index (χ4n) is 2.49. The summed E-state index contributed by atoms with van der Waals surface area (Å²) in [4.78, 5) is 8.19. The molecule has 2 heterocycles. The van der Waals surface area contributed by atoms with E-state index < -0.39 is 10.0 Å². The van der Waals surface area contributed by atoms with Crippen molar-refractivity contribution in [3.8, 4) is 6.07 Å². The summed E-state index contributed by atoms with van der Waals surface area (Å²) in [5, 5.41) is 9.06. The van der Waals surface area contributed by atoms with Crippen LogP contribution in [0.15, 0.2) is 78.2 Å². The highest BCUT2D eigenvalue weighted by atomic mass is 32.2. The molecule has 0 N–H and O–H groups in total. The van der Waals surface area contributed by atoms with Crippen molar-refractivity contribution in [3.05, 3.63) is 90.0 Å². The van der Waals surface area contributed by atoms with Crippen LogP contribution in [0.25, 0.3) is 0 Å². The van der Waals surface area contributed by atoms with Crippen molar-refractivity contribution >= 4 is 10.0 Å². The zero-order valence-electron chi connectivity index (χ0n) is 13.9. The molecule has 0 saturated heterocycles. The van der Waals surface area contributed by atoms with Gasteiger partial charge in [-0.25, -0.2) is 8.42 Å². The molecular formula is C19H16N4O2S. The van der Waals surface area contributed by atoms with Gasteiger partial charge < -0.3 is 0 Å². The Labute approximate surface area is 152 Å². The van der Waals surface area contributed by atoms with E-state index in [4.69, 9.17) is 5.26 Å². The molecule has 7 heteroatoms. The van der Waals surface area contributed by atoms with E-state index in [0.29, 0.717) is 5.56 Å². The van der Waals surface area contributed by atoms with Gasteiger partial charge in [0.15, 0.2) is 0 Å². The minimum atomic E-state index is -3.80. The smallest absolute Gasteiger partial charge is 0.243 e. The van der Waals surface area contributed by atoms with Gasteiger partial charge in [-0.05, 0) is 41.5 Å². The fraction of sp³-hybridized carbons (Fsp3) is 0.105. The number of sulfonamides is 1. The quantitative estimate of drug-likeness (QED) is 0.671. The van der Waals surface area contributed by atoms with Gasteiger partial charge in [0.2, 0.25) is 10.0 Å². The Morgan fingerprint density at radius 2 is 1.54 bits per heavy atom. The first-order valence-corrected chi connectivity index (χ1v) is 9.32. The van der Waals surface area contributed by atoms with Crippen molar-refractivity contribution in [1.82, 2.24) is 14.3 Å². The average Bonchev–Trinajstić information content (AvgIpc) is 2.69. The van der Waals surface area contributed by atoms with E-state index in [1.54, 1.807) is 49.1 Å². The van der Waals surface area contributed by atoms with Crippen molar-refractivity contribution in [1.29, 1.82) is 5.26 Å². The van der Waals surface area contributed by atoms with Gasteiger partial charge in [-0.1, -0.05) is 18.2 Å². The Balaban J connectivity index is 1.99. The molecule has 2 aromatic heterocycles.